The van der Waals surface area contributed by atoms with Gasteiger partial charge in [-0.15, -0.1) is 0 Å². The Balaban J connectivity index is 1.16. The molecule has 69 heavy (non-hydrogen) atoms. The number of aryl methyl sites for hydroxylation is 1. The van der Waals surface area contributed by atoms with Crippen molar-refractivity contribution in [2.45, 2.75) is 32.1 Å². The molecule has 0 radical (unpaired) electrons. The number of rotatable bonds is 7. The van der Waals surface area contributed by atoms with Crippen molar-refractivity contribution in [3.05, 3.63) is 264 Å². The largest absolute Gasteiger partial charge is 0.376 e. The number of para-hydroxylation sites is 3. The first-order chi connectivity index (χ1) is 33.9. The number of anilines is 5. The quantitative estimate of drug-likeness (QED) is 0.117. The van der Waals surface area contributed by atoms with E-state index in [9.17, 15) is 0 Å². The Hall–Kier alpha value is -8.34. The fourth-order valence-electron chi connectivity index (χ4n) is 12.4. The minimum atomic E-state index is -0.180. The second-order valence-electron chi connectivity index (χ2n) is 19.7. The second kappa shape index (κ2) is 15.1. The van der Waals surface area contributed by atoms with E-state index in [1.165, 1.54) is 105 Å². The Bertz CT molecular complexity index is 3740. The van der Waals surface area contributed by atoms with Crippen molar-refractivity contribution in [2.75, 3.05) is 9.71 Å². The van der Waals surface area contributed by atoms with Gasteiger partial charge in [-0.3, -0.25) is 0 Å². The number of nitrogens with zero attached hydrogens (tertiary/aromatic N) is 3. The van der Waals surface area contributed by atoms with Crippen LogP contribution < -0.4 is 20.6 Å². The summed E-state index contributed by atoms with van der Waals surface area (Å²) in [5.41, 5.74) is 25.0. The Morgan fingerprint density at radius 2 is 1.09 bits per heavy atom. The standard InChI is InChI=1S/C65H48BN3/c1-42-32-34-47(35-33-42)69-59-38-48(67(45-24-12-6-13-25-45)46-26-14-7-15-27-46)36-37-50(59)53-39-54(61(43-20-8-4-9-21-43)44-22-10-5-11-23-44)62-51-29-17-19-31-58(51)68-60-40-52-49-28-16-18-30-55(49)65(2,3)56(52)41-57(60)66(69)63(53)64(62)68/h4-41,61H,1-3H3. The van der Waals surface area contributed by atoms with Crippen molar-refractivity contribution >= 4 is 68.0 Å². The number of benzene rings is 10. The van der Waals surface area contributed by atoms with Gasteiger partial charge < -0.3 is 14.3 Å². The molecule has 326 valence electrons. The molecule has 3 aliphatic rings. The summed E-state index contributed by atoms with van der Waals surface area (Å²) in [7, 11) is 0. The van der Waals surface area contributed by atoms with Crippen molar-refractivity contribution in [1.82, 2.24) is 4.57 Å². The molecule has 0 fully saturated rings. The van der Waals surface area contributed by atoms with E-state index in [-0.39, 0.29) is 18.2 Å². The summed E-state index contributed by atoms with van der Waals surface area (Å²) in [5.74, 6) is -0.0194. The summed E-state index contributed by atoms with van der Waals surface area (Å²) in [4.78, 5) is 5.08. The lowest BCUT2D eigenvalue weighted by molar-refractivity contribution is 0.661. The highest BCUT2D eigenvalue weighted by Gasteiger charge is 2.47. The van der Waals surface area contributed by atoms with Gasteiger partial charge in [-0.2, -0.15) is 0 Å². The minimum Gasteiger partial charge on any atom is -0.376 e. The minimum absolute atomic E-state index is 0.0194. The van der Waals surface area contributed by atoms with Gasteiger partial charge in [0.15, 0.2) is 0 Å². The molecule has 0 bridgehead atoms. The first-order valence-electron chi connectivity index (χ1n) is 24.3. The van der Waals surface area contributed by atoms with E-state index < -0.39 is 0 Å². The van der Waals surface area contributed by atoms with Crippen molar-refractivity contribution in [2.24, 2.45) is 0 Å². The maximum absolute atomic E-state index is 2.68. The van der Waals surface area contributed by atoms with Gasteiger partial charge in [-0.1, -0.05) is 183 Å². The molecule has 0 amide bonds. The number of aromatic nitrogens is 1. The van der Waals surface area contributed by atoms with Crippen LogP contribution in [0.1, 0.15) is 53.1 Å². The summed E-state index contributed by atoms with van der Waals surface area (Å²) < 4.78 is 2.65. The third-order valence-corrected chi connectivity index (χ3v) is 15.5. The van der Waals surface area contributed by atoms with E-state index in [1.54, 1.807) is 0 Å². The molecule has 4 heteroatoms. The lowest BCUT2D eigenvalue weighted by Gasteiger charge is -2.43. The lowest BCUT2D eigenvalue weighted by atomic mass is 9.43. The number of hydrogen-bond donors (Lipinski definition) is 0. The predicted molar refractivity (Wildman–Crippen MR) is 291 cm³/mol. The molecule has 0 unspecified atom stereocenters. The fourth-order valence-corrected chi connectivity index (χ4v) is 12.4. The highest BCUT2D eigenvalue weighted by atomic mass is 15.2. The highest BCUT2D eigenvalue weighted by Crippen LogP contribution is 2.53. The van der Waals surface area contributed by atoms with Gasteiger partial charge in [0.25, 0.3) is 0 Å². The van der Waals surface area contributed by atoms with Crippen LogP contribution >= 0.6 is 0 Å². The van der Waals surface area contributed by atoms with Crippen LogP contribution in [0.2, 0.25) is 0 Å². The van der Waals surface area contributed by atoms with Crippen LogP contribution in [0.3, 0.4) is 0 Å². The van der Waals surface area contributed by atoms with Gasteiger partial charge in [0.05, 0.1) is 11.0 Å². The molecule has 3 nitrogen and oxygen atoms in total. The lowest BCUT2D eigenvalue weighted by Crippen LogP contribution is -2.60. The van der Waals surface area contributed by atoms with Crippen LogP contribution in [0.15, 0.2) is 231 Å². The van der Waals surface area contributed by atoms with E-state index in [2.05, 4.69) is 266 Å². The molecule has 14 rings (SSSR count). The first kappa shape index (κ1) is 39.8. The molecule has 0 saturated heterocycles. The van der Waals surface area contributed by atoms with Gasteiger partial charge in [-0.05, 0) is 129 Å². The molecule has 2 aliphatic heterocycles. The Labute approximate surface area is 404 Å². The van der Waals surface area contributed by atoms with E-state index >= 15 is 0 Å². The number of hydrogen-bond acceptors (Lipinski definition) is 2. The SMILES string of the molecule is Cc1ccc(N2B3c4cc5c(cc4-n4c6ccccc6c6c(C(c7ccccc7)c7ccccc7)cc(c3c64)-c3ccc(N(c4ccccc4)c4ccccc4)cc32)-c2ccccc2C5(C)C)cc1. The average Bonchev–Trinajstić information content (AvgIpc) is 3.86. The molecule has 0 atom stereocenters. The van der Waals surface area contributed by atoms with Gasteiger partial charge >= 0.3 is 6.85 Å². The van der Waals surface area contributed by atoms with E-state index in [0.717, 1.165) is 17.1 Å². The average molecular weight is 882 g/mol. The monoisotopic (exact) mass is 881 g/mol. The van der Waals surface area contributed by atoms with Crippen LogP contribution in [-0.4, -0.2) is 11.4 Å². The van der Waals surface area contributed by atoms with Crippen molar-refractivity contribution in [3.8, 4) is 27.9 Å². The third kappa shape index (κ3) is 5.82. The maximum atomic E-state index is 2.68. The zero-order valence-corrected chi connectivity index (χ0v) is 38.9. The fraction of sp³-hybridized carbons (Fsp3) is 0.0769. The zero-order chi connectivity index (χ0) is 46.0. The molecule has 0 saturated carbocycles. The van der Waals surface area contributed by atoms with Gasteiger partial charge in [0.1, 0.15) is 0 Å². The highest BCUT2D eigenvalue weighted by molar-refractivity contribution is 6.93. The topological polar surface area (TPSA) is 11.4 Å². The smallest absolute Gasteiger partial charge is 0.333 e. The van der Waals surface area contributed by atoms with Crippen LogP contribution in [0.4, 0.5) is 28.4 Å². The summed E-state index contributed by atoms with van der Waals surface area (Å²) in [5, 5.41) is 2.60. The van der Waals surface area contributed by atoms with E-state index in [0.29, 0.717) is 0 Å². The van der Waals surface area contributed by atoms with Crippen molar-refractivity contribution in [1.29, 1.82) is 0 Å². The Morgan fingerprint density at radius 1 is 0.478 bits per heavy atom. The van der Waals surface area contributed by atoms with Crippen LogP contribution in [0.5, 0.6) is 0 Å². The van der Waals surface area contributed by atoms with Crippen LogP contribution in [0.25, 0.3) is 49.7 Å². The van der Waals surface area contributed by atoms with Crippen LogP contribution in [-0.2, 0) is 5.41 Å². The van der Waals surface area contributed by atoms with Crippen molar-refractivity contribution in [3.63, 3.8) is 0 Å². The molecule has 0 N–H and O–H groups in total. The van der Waals surface area contributed by atoms with Crippen molar-refractivity contribution < 1.29 is 0 Å². The second-order valence-corrected chi connectivity index (χ2v) is 19.7. The number of fused-ring (bicyclic) bond motifs is 11. The molecule has 3 heterocycles. The van der Waals surface area contributed by atoms with Gasteiger partial charge in [-0.25, -0.2) is 0 Å². The maximum Gasteiger partial charge on any atom is 0.333 e. The molecule has 10 aromatic carbocycles. The normalized spacial score (nSPS) is 13.6. The van der Waals surface area contributed by atoms with Gasteiger partial charge in [0, 0.05) is 61.8 Å². The third-order valence-electron chi connectivity index (χ3n) is 15.5. The molecule has 11 aromatic rings. The first-order valence-corrected chi connectivity index (χ1v) is 24.3. The Morgan fingerprint density at radius 3 is 1.77 bits per heavy atom. The Kier molecular flexibility index (Phi) is 8.70. The van der Waals surface area contributed by atoms with Crippen LogP contribution in [0, 0.1) is 6.92 Å². The molecule has 1 aromatic heterocycles. The summed E-state index contributed by atoms with van der Waals surface area (Å²) in [6, 6.07) is 86.4. The predicted octanol–water partition coefficient (Wildman–Crippen LogP) is 15.3. The summed E-state index contributed by atoms with van der Waals surface area (Å²) in [6.45, 7) is 6.87. The molecule has 1 aliphatic carbocycles. The van der Waals surface area contributed by atoms with E-state index in [4.69, 9.17) is 0 Å². The molecular formula is C65H48BN3. The zero-order valence-electron chi connectivity index (χ0n) is 38.9. The summed E-state index contributed by atoms with van der Waals surface area (Å²) >= 11 is 0. The van der Waals surface area contributed by atoms with E-state index in [1.807, 2.05) is 0 Å². The summed E-state index contributed by atoms with van der Waals surface area (Å²) in [6.07, 6.45) is 0. The molecule has 0 spiro atoms. The van der Waals surface area contributed by atoms with Gasteiger partial charge in [0.2, 0.25) is 0 Å². The molecular weight excluding hydrogens is 834 g/mol.